The molecule has 2 atom stereocenters. The molecule has 0 saturated heterocycles. The number of benzene rings is 8. The van der Waals surface area contributed by atoms with Crippen LogP contribution in [-0.4, -0.2) is 4.57 Å². The number of nitrogens with zero attached hydrogens (tertiary/aromatic N) is 2. The van der Waals surface area contributed by atoms with Crippen LogP contribution >= 0.6 is 11.3 Å². The molecule has 0 amide bonds. The number of rotatable bonds is 7. The second kappa shape index (κ2) is 14.2. The molecular formula is C55H40N2S. The Kier molecular flexibility index (Phi) is 8.41. The Morgan fingerprint density at radius 2 is 1.05 bits per heavy atom. The van der Waals surface area contributed by atoms with Gasteiger partial charge in [0.25, 0.3) is 0 Å². The standard InChI is InChI=1S/C55H40N2S/c1-37-35-41-17-8-9-18-42(41)36-50(37)40-29-33-45(34-30-40)56(51-25-12-10-21-46(51)38-15-4-2-5-16-38)44-31-27-39(28-32-44)47-23-14-24-49-53-55(58-54(47)49)48-22-11-13-26-52(48)57(53)43-19-6-3-7-20-43/h2-37,50H,1H3. The van der Waals surface area contributed by atoms with Crippen molar-refractivity contribution in [2.75, 3.05) is 4.90 Å². The Balaban J connectivity index is 1.03. The Hall–Kier alpha value is -6.94. The maximum absolute atomic E-state index is 2.44. The molecule has 58 heavy (non-hydrogen) atoms. The SMILES string of the molecule is CC1C=c2ccccc2=CC1c1ccc(N(c2ccc(-c3cccc4c3sc3c5ccccc5n(-c5ccccc5)c43)cc2)c2ccccc2-c2ccccc2)cc1. The number of thiophene rings is 1. The van der Waals surface area contributed by atoms with Gasteiger partial charge in [-0.25, -0.2) is 0 Å². The second-order valence-corrected chi connectivity index (χ2v) is 16.4. The zero-order valence-corrected chi connectivity index (χ0v) is 33.0. The van der Waals surface area contributed by atoms with Crippen molar-refractivity contribution in [3.63, 3.8) is 0 Å². The monoisotopic (exact) mass is 760 g/mol. The minimum Gasteiger partial charge on any atom is -0.310 e. The summed E-state index contributed by atoms with van der Waals surface area (Å²) in [5, 5.41) is 5.22. The highest BCUT2D eigenvalue weighted by Gasteiger charge is 2.22. The molecule has 1 aliphatic carbocycles. The molecule has 2 aromatic heterocycles. The summed E-state index contributed by atoms with van der Waals surface area (Å²) < 4.78 is 5.08. The molecule has 0 fully saturated rings. The first kappa shape index (κ1) is 34.3. The molecule has 0 radical (unpaired) electrons. The molecule has 8 aromatic carbocycles. The van der Waals surface area contributed by atoms with Gasteiger partial charge in [-0.05, 0) is 87.1 Å². The van der Waals surface area contributed by atoms with E-state index >= 15 is 0 Å². The summed E-state index contributed by atoms with van der Waals surface area (Å²) in [6, 6.07) is 73.0. The van der Waals surface area contributed by atoms with Gasteiger partial charge in [0, 0.05) is 44.0 Å². The van der Waals surface area contributed by atoms with Crippen molar-refractivity contribution in [1.82, 2.24) is 4.57 Å². The highest BCUT2D eigenvalue weighted by atomic mass is 32.1. The van der Waals surface area contributed by atoms with Gasteiger partial charge >= 0.3 is 0 Å². The quantitative estimate of drug-likeness (QED) is 0.157. The summed E-state index contributed by atoms with van der Waals surface area (Å²) in [7, 11) is 0. The lowest BCUT2D eigenvalue weighted by Crippen LogP contribution is -2.31. The molecule has 1 aliphatic rings. The Bertz CT molecular complexity index is 3230. The third kappa shape index (κ3) is 5.78. The lowest BCUT2D eigenvalue weighted by Gasteiger charge is -2.29. The van der Waals surface area contributed by atoms with Crippen molar-refractivity contribution in [3.8, 4) is 27.9 Å². The first-order chi connectivity index (χ1) is 28.7. The van der Waals surface area contributed by atoms with E-state index in [0.29, 0.717) is 11.8 Å². The smallest absolute Gasteiger partial charge is 0.0727 e. The van der Waals surface area contributed by atoms with Gasteiger partial charge in [0.05, 0.1) is 21.4 Å². The minimum atomic E-state index is 0.322. The van der Waals surface area contributed by atoms with Crippen LogP contribution in [0, 0.1) is 5.92 Å². The van der Waals surface area contributed by atoms with E-state index in [4.69, 9.17) is 0 Å². The predicted molar refractivity (Wildman–Crippen MR) is 248 cm³/mol. The van der Waals surface area contributed by atoms with E-state index in [9.17, 15) is 0 Å². The molecule has 10 aromatic rings. The number of hydrogen-bond acceptors (Lipinski definition) is 2. The molecule has 0 saturated carbocycles. The van der Waals surface area contributed by atoms with E-state index in [2.05, 4.69) is 229 Å². The van der Waals surface area contributed by atoms with Crippen LogP contribution in [0.2, 0.25) is 0 Å². The lowest BCUT2D eigenvalue weighted by atomic mass is 9.83. The van der Waals surface area contributed by atoms with E-state index in [1.165, 1.54) is 75.1 Å². The van der Waals surface area contributed by atoms with Crippen molar-refractivity contribution in [2.45, 2.75) is 12.8 Å². The van der Waals surface area contributed by atoms with E-state index < -0.39 is 0 Å². The number of hydrogen-bond donors (Lipinski definition) is 0. The van der Waals surface area contributed by atoms with E-state index in [1.54, 1.807) is 0 Å². The van der Waals surface area contributed by atoms with Gasteiger partial charge in [0.15, 0.2) is 0 Å². The largest absolute Gasteiger partial charge is 0.310 e. The predicted octanol–water partition coefficient (Wildman–Crippen LogP) is 13.8. The van der Waals surface area contributed by atoms with Crippen LogP contribution in [0.25, 0.3) is 71.3 Å². The average molecular weight is 761 g/mol. The summed E-state index contributed by atoms with van der Waals surface area (Å²) in [6.45, 7) is 2.33. The molecule has 0 aliphatic heterocycles. The molecule has 276 valence electrons. The molecule has 3 heteroatoms. The molecule has 2 heterocycles. The molecule has 0 bridgehead atoms. The molecule has 2 nitrogen and oxygen atoms in total. The van der Waals surface area contributed by atoms with Crippen LogP contribution in [0.1, 0.15) is 18.4 Å². The Morgan fingerprint density at radius 3 is 1.83 bits per heavy atom. The Labute approximate surface area is 342 Å². The van der Waals surface area contributed by atoms with Crippen LogP contribution in [-0.2, 0) is 0 Å². The summed E-state index contributed by atoms with van der Waals surface area (Å²) in [6.07, 6.45) is 4.86. The highest BCUT2D eigenvalue weighted by molar-refractivity contribution is 7.27. The first-order valence-electron chi connectivity index (χ1n) is 20.1. The lowest BCUT2D eigenvalue weighted by molar-refractivity contribution is 0.693. The van der Waals surface area contributed by atoms with Crippen molar-refractivity contribution in [1.29, 1.82) is 0 Å². The second-order valence-electron chi connectivity index (χ2n) is 15.4. The summed E-state index contributed by atoms with van der Waals surface area (Å²) >= 11 is 1.91. The van der Waals surface area contributed by atoms with Crippen LogP contribution < -0.4 is 15.3 Å². The number of aromatic nitrogens is 1. The van der Waals surface area contributed by atoms with Crippen molar-refractivity contribution in [3.05, 3.63) is 216 Å². The van der Waals surface area contributed by atoms with Gasteiger partial charge < -0.3 is 9.47 Å². The zero-order chi connectivity index (χ0) is 38.6. The maximum Gasteiger partial charge on any atom is 0.0727 e. The van der Waals surface area contributed by atoms with Crippen LogP contribution in [0.3, 0.4) is 0 Å². The molecular weight excluding hydrogens is 721 g/mol. The van der Waals surface area contributed by atoms with Gasteiger partial charge in [-0.2, -0.15) is 0 Å². The topological polar surface area (TPSA) is 8.17 Å². The van der Waals surface area contributed by atoms with Gasteiger partial charge in [0.2, 0.25) is 0 Å². The number of anilines is 3. The van der Waals surface area contributed by atoms with Crippen molar-refractivity contribution >= 4 is 71.8 Å². The Morgan fingerprint density at radius 1 is 0.466 bits per heavy atom. The number of fused-ring (bicyclic) bond motifs is 6. The minimum absolute atomic E-state index is 0.322. The number of para-hydroxylation sites is 3. The fourth-order valence-corrected chi connectivity index (χ4v) is 10.5. The first-order valence-corrected chi connectivity index (χ1v) is 20.9. The highest BCUT2D eigenvalue weighted by Crippen LogP contribution is 2.47. The average Bonchev–Trinajstić information content (AvgIpc) is 3.83. The van der Waals surface area contributed by atoms with E-state index in [0.717, 1.165) is 17.1 Å². The third-order valence-electron chi connectivity index (χ3n) is 11.9. The van der Waals surface area contributed by atoms with Gasteiger partial charge in [0.1, 0.15) is 0 Å². The molecule has 0 N–H and O–H groups in total. The summed E-state index contributed by atoms with van der Waals surface area (Å²) in [5.74, 6) is 0.733. The molecule has 2 unspecified atom stereocenters. The van der Waals surface area contributed by atoms with Gasteiger partial charge in [-0.15, -0.1) is 11.3 Å². The van der Waals surface area contributed by atoms with Crippen LogP contribution in [0.15, 0.2) is 200 Å². The van der Waals surface area contributed by atoms with Gasteiger partial charge in [-0.3, -0.25) is 0 Å². The van der Waals surface area contributed by atoms with Crippen molar-refractivity contribution < 1.29 is 0 Å². The van der Waals surface area contributed by atoms with Gasteiger partial charge in [-0.1, -0.05) is 171 Å². The third-order valence-corrected chi connectivity index (χ3v) is 13.1. The van der Waals surface area contributed by atoms with Crippen LogP contribution in [0.5, 0.6) is 0 Å². The van der Waals surface area contributed by atoms with E-state index in [1.807, 2.05) is 11.3 Å². The normalized spacial score (nSPS) is 14.9. The molecule has 0 spiro atoms. The van der Waals surface area contributed by atoms with Crippen molar-refractivity contribution in [2.24, 2.45) is 5.92 Å². The summed E-state index contributed by atoms with van der Waals surface area (Å²) in [5.41, 5.74) is 13.3. The van der Waals surface area contributed by atoms with E-state index in [-0.39, 0.29) is 0 Å². The zero-order valence-electron chi connectivity index (χ0n) is 32.2. The fraction of sp³-hybridized carbons (Fsp3) is 0.0545. The van der Waals surface area contributed by atoms with Crippen LogP contribution in [0.4, 0.5) is 17.1 Å². The fourth-order valence-electron chi connectivity index (χ4n) is 9.10. The molecule has 11 rings (SSSR count). The summed E-state index contributed by atoms with van der Waals surface area (Å²) in [4.78, 5) is 2.42. The maximum atomic E-state index is 2.44.